The van der Waals surface area contributed by atoms with E-state index in [1.807, 2.05) is 127 Å². The van der Waals surface area contributed by atoms with Crippen molar-refractivity contribution in [3.05, 3.63) is 146 Å². The Kier molecular flexibility index (Phi) is 9.23. The Morgan fingerprint density at radius 3 is 2.41 bits per heavy atom. The Morgan fingerprint density at radius 1 is 0.878 bits per heavy atom. The maximum Gasteiger partial charge on any atom is 0.291 e. The third-order valence-corrected chi connectivity index (χ3v) is 8.82. The summed E-state index contributed by atoms with van der Waals surface area (Å²) >= 11 is 7.28. The van der Waals surface area contributed by atoms with E-state index in [-0.39, 0.29) is 5.56 Å². The minimum absolute atomic E-state index is 0.251. The molecule has 49 heavy (non-hydrogen) atoms. The Labute approximate surface area is 290 Å². The van der Waals surface area contributed by atoms with Crippen LogP contribution in [0.2, 0.25) is 5.02 Å². The number of hydrogen-bond donors (Lipinski definition) is 0. The highest BCUT2D eigenvalue weighted by Gasteiger charge is 2.14. The zero-order valence-corrected chi connectivity index (χ0v) is 28.2. The predicted molar refractivity (Wildman–Crippen MR) is 194 cm³/mol. The molecule has 11 heteroatoms. The van der Waals surface area contributed by atoms with Gasteiger partial charge in [0.15, 0.2) is 17.3 Å². The number of nitrogens with zero attached hydrogens (tertiary/aromatic N) is 5. The van der Waals surface area contributed by atoms with E-state index in [4.69, 9.17) is 30.9 Å². The zero-order valence-electron chi connectivity index (χ0n) is 26.6. The quantitative estimate of drug-likeness (QED) is 0.140. The van der Waals surface area contributed by atoms with Gasteiger partial charge in [-0.15, -0.1) is 5.10 Å². The molecular formula is C38H30ClN5O4S. The fourth-order valence-electron chi connectivity index (χ4n) is 5.18. The first-order chi connectivity index (χ1) is 24.0. The molecule has 0 N–H and O–H groups in total. The third-order valence-electron chi connectivity index (χ3n) is 7.61. The van der Waals surface area contributed by atoms with Crippen LogP contribution < -0.4 is 24.3 Å². The van der Waals surface area contributed by atoms with Crippen molar-refractivity contribution >= 4 is 46.1 Å². The molecule has 0 fully saturated rings. The van der Waals surface area contributed by atoms with Crippen LogP contribution in [0.4, 0.5) is 0 Å². The molecule has 0 bridgehead atoms. The van der Waals surface area contributed by atoms with Crippen LogP contribution in [0, 0.1) is 0 Å². The van der Waals surface area contributed by atoms with E-state index in [2.05, 4.69) is 10.1 Å². The van der Waals surface area contributed by atoms with Gasteiger partial charge in [0.05, 0.1) is 23.9 Å². The summed E-state index contributed by atoms with van der Waals surface area (Å²) in [5.74, 6) is 2.47. The molecule has 0 aliphatic heterocycles. The molecule has 4 aromatic carbocycles. The first-order valence-corrected chi connectivity index (χ1v) is 16.7. The Hall–Kier alpha value is -5.71. The van der Waals surface area contributed by atoms with E-state index < -0.39 is 0 Å². The number of fused-ring (bicyclic) bond motifs is 1. The first kappa shape index (κ1) is 31.9. The number of thiazole rings is 1. The van der Waals surface area contributed by atoms with Gasteiger partial charge >= 0.3 is 0 Å². The van der Waals surface area contributed by atoms with Gasteiger partial charge < -0.3 is 14.2 Å². The van der Waals surface area contributed by atoms with Crippen molar-refractivity contribution in [2.45, 2.75) is 13.5 Å². The molecular weight excluding hydrogens is 658 g/mol. The maximum absolute atomic E-state index is 13.5. The lowest BCUT2D eigenvalue weighted by molar-refractivity contribution is 0.306. The fourth-order valence-corrected chi connectivity index (χ4v) is 6.21. The maximum atomic E-state index is 13.5. The van der Waals surface area contributed by atoms with Crippen LogP contribution in [0.1, 0.15) is 29.4 Å². The lowest BCUT2D eigenvalue weighted by Gasteiger charge is -2.09. The lowest BCUT2D eigenvalue weighted by atomic mass is 10.1. The summed E-state index contributed by atoms with van der Waals surface area (Å²) in [6, 6.07) is 30.8. The van der Waals surface area contributed by atoms with Crippen LogP contribution in [0.5, 0.6) is 17.2 Å². The number of aromatic nitrogens is 5. The summed E-state index contributed by atoms with van der Waals surface area (Å²) in [6.45, 7) is 2.89. The molecule has 0 aliphatic carbocycles. The normalized spacial score (nSPS) is 11.9. The molecule has 7 aromatic rings. The van der Waals surface area contributed by atoms with E-state index >= 15 is 0 Å². The van der Waals surface area contributed by atoms with Crippen LogP contribution in [0.25, 0.3) is 40.1 Å². The SMILES string of the molecule is CCOc1ccc(/C=C/c2nc3s/c(=C\c4cn(-c5ccccc5)nc4-c4ccc(OCc5ccc(Cl)cc5)cc4)c(=O)n3n2)cc1OC. The Bertz CT molecular complexity index is 2370. The van der Waals surface area contributed by atoms with E-state index in [1.165, 1.54) is 15.9 Å². The summed E-state index contributed by atoms with van der Waals surface area (Å²) in [5, 5.41) is 10.1. The van der Waals surface area contributed by atoms with Crippen LogP contribution >= 0.6 is 22.9 Å². The molecule has 3 aromatic heterocycles. The Balaban J connectivity index is 1.17. The van der Waals surface area contributed by atoms with Gasteiger partial charge in [0.2, 0.25) is 4.96 Å². The Morgan fingerprint density at radius 2 is 1.67 bits per heavy atom. The standard InChI is InChI=1S/C38H30ClN5O4S/c1-3-47-32-19-11-25(21-33(32)46-2)12-20-35-40-38-44(41-35)37(45)34(49-38)22-28-23-43(30-7-5-4-6-8-30)42-36(28)27-13-17-31(18-14-27)48-24-26-9-15-29(39)16-10-26/h4-23H,3,24H2,1-2H3/b20-12+,34-22-. The smallest absolute Gasteiger partial charge is 0.291 e. The number of benzene rings is 4. The predicted octanol–water partition coefficient (Wildman–Crippen LogP) is 7.36. The molecule has 244 valence electrons. The van der Waals surface area contributed by atoms with Gasteiger partial charge in [0.1, 0.15) is 18.1 Å². The number of para-hydroxylation sites is 1. The highest BCUT2D eigenvalue weighted by Crippen LogP contribution is 2.29. The lowest BCUT2D eigenvalue weighted by Crippen LogP contribution is -2.23. The van der Waals surface area contributed by atoms with Crippen molar-refractivity contribution in [1.29, 1.82) is 0 Å². The molecule has 0 radical (unpaired) electrons. The number of methoxy groups -OCH3 is 1. The topological polar surface area (TPSA) is 92.8 Å². The first-order valence-electron chi connectivity index (χ1n) is 15.5. The van der Waals surface area contributed by atoms with Gasteiger partial charge in [-0.25, -0.2) is 4.68 Å². The van der Waals surface area contributed by atoms with Crippen LogP contribution in [-0.4, -0.2) is 38.1 Å². The number of halogens is 1. The van der Waals surface area contributed by atoms with Gasteiger partial charge in [-0.1, -0.05) is 65.4 Å². The van der Waals surface area contributed by atoms with Crippen molar-refractivity contribution in [2.24, 2.45) is 0 Å². The number of ether oxygens (including phenoxy) is 3. The molecule has 0 atom stereocenters. The largest absolute Gasteiger partial charge is 0.493 e. The summed E-state index contributed by atoms with van der Waals surface area (Å²) in [5.41, 5.74) is 4.94. The second-order valence-electron chi connectivity index (χ2n) is 10.9. The van der Waals surface area contributed by atoms with Gasteiger partial charge in [0, 0.05) is 22.3 Å². The molecule has 0 amide bonds. The molecule has 0 aliphatic rings. The van der Waals surface area contributed by atoms with Gasteiger partial charge in [-0.2, -0.15) is 14.6 Å². The third kappa shape index (κ3) is 7.11. The molecule has 0 saturated heterocycles. The van der Waals surface area contributed by atoms with Crippen molar-refractivity contribution in [3.63, 3.8) is 0 Å². The van der Waals surface area contributed by atoms with Crippen molar-refractivity contribution in [2.75, 3.05) is 13.7 Å². The van der Waals surface area contributed by atoms with Crippen molar-refractivity contribution in [3.8, 4) is 34.2 Å². The molecule has 0 saturated carbocycles. The molecule has 0 spiro atoms. The molecule has 3 heterocycles. The highest BCUT2D eigenvalue weighted by molar-refractivity contribution is 7.15. The van der Waals surface area contributed by atoms with Crippen molar-refractivity contribution < 1.29 is 14.2 Å². The monoisotopic (exact) mass is 687 g/mol. The minimum atomic E-state index is -0.251. The summed E-state index contributed by atoms with van der Waals surface area (Å²) in [6.07, 6.45) is 7.40. The summed E-state index contributed by atoms with van der Waals surface area (Å²) in [7, 11) is 1.60. The summed E-state index contributed by atoms with van der Waals surface area (Å²) in [4.78, 5) is 18.6. The summed E-state index contributed by atoms with van der Waals surface area (Å²) < 4.78 is 20.7. The second kappa shape index (κ2) is 14.2. The average molecular weight is 688 g/mol. The fraction of sp³-hybridized carbons (Fsp3) is 0.105. The molecule has 0 unspecified atom stereocenters. The second-order valence-corrected chi connectivity index (χ2v) is 12.4. The minimum Gasteiger partial charge on any atom is -0.493 e. The van der Waals surface area contributed by atoms with Gasteiger partial charge in [-0.3, -0.25) is 4.79 Å². The zero-order chi connectivity index (χ0) is 33.7. The van der Waals surface area contributed by atoms with Gasteiger partial charge in [-0.05, 0) is 90.9 Å². The van der Waals surface area contributed by atoms with E-state index in [1.54, 1.807) is 13.2 Å². The van der Waals surface area contributed by atoms with Gasteiger partial charge in [0.25, 0.3) is 5.56 Å². The van der Waals surface area contributed by atoms with Crippen LogP contribution in [-0.2, 0) is 6.61 Å². The van der Waals surface area contributed by atoms with Crippen LogP contribution in [0.15, 0.2) is 108 Å². The van der Waals surface area contributed by atoms with Crippen LogP contribution in [0.3, 0.4) is 0 Å². The van der Waals surface area contributed by atoms with E-state index in [9.17, 15) is 4.79 Å². The van der Waals surface area contributed by atoms with E-state index in [0.717, 1.165) is 39.4 Å². The molecule has 7 rings (SSSR count). The number of hydrogen-bond acceptors (Lipinski definition) is 8. The van der Waals surface area contributed by atoms with E-state index in [0.29, 0.717) is 45.1 Å². The van der Waals surface area contributed by atoms with Crippen molar-refractivity contribution in [1.82, 2.24) is 24.4 Å². The molecule has 9 nitrogen and oxygen atoms in total. The average Bonchev–Trinajstić information content (AvgIpc) is 3.82. The highest BCUT2D eigenvalue weighted by atomic mass is 35.5. The number of rotatable bonds is 11.